The Bertz CT molecular complexity index is 1390. The average Bonchev–Trinajstić information content (AvgIpc) is 3.29. The summed E-state index contributed by atoms with van der Waals surface area (Å²) in [6.07, 6.45) is 4.03. The molecule has 0 spiro atoms. The number of para-hydroxylation sites is 1. The first-order chi connectivity index (χ1) is 16.9. The Balaban J connectivity index is 1.60. The van der Waals surface area contributed by atoms with E-state index in [-0.39, 0.29) is 5.91 Å². The number of carbonyl (C=O) groups is 1. The number of benzene rings is 3. The minimum atomic E-state index is -0.165. The Labute approximate surface area is 210 Å². The number of aryl methyl sites for hydroxylation is 1. The lowest BCUT2D eigenvalue weighted by atomic mass is 9.96. The van der Waals surface area contributed by atoms with Crippen LogP contribution >= 0.6 is 11.6 Å². The fourth-order valence-electron chi connectivity index (χ4n) is 4.28. The van der Waals surface area contributed by atoms with Crippen LogP contribution < -0.4 is 14.8 Å². The maximum atomic E-state index is 12.7. The molecule has 3 aromatic carbocycles. The van der Waals surface area contributed by atoms with Crippen LogP contribution in [0.4, 0.5) is 0 Å². The van der Waals surface area contributed by atoms with Crippen LogP contribution in [0.5, 0.6) is 11.5 Å². The number of methoxy groups -OCH3 is 2. The van der Waals surface area contributed by atoms with Crippen molar-refractivity contribution < 1.29 is 18.7 Å². The quantitative estimate of drug-likeness (QED) is 0.275. The third-order valence-electron chi connectivity index (χ3n) is 6.06. The molecule has 0 atom stereocenters. The third kappa shape index (κ3) is 5.20. The van der Waals surface area contributed by atoms with Crippen LogP contribution in [0.2, 0.25) is 5.02 Å². The van der Waals surface area contributed by atoms with Crippen molar-refractivity contribution in [2.45, 2.75) is 20.3 Å². The topological polar surface area (TPSA) is 60.7 Å². The van der Waals surface area contributed by atoms with Gasteiger partial charge in [-0.05, 0) is 61.2 Å². The molecule has 0 fully saturated rings. The van der Waals surface area contributed by atoms with E-state index in [2.05, 4.69) is 5.32 Å². The molecule has 1 N–H and O–H groups in total. The molecule has 1 aromatic heterocycles. The van der Waals surface area contributed by atoms with E-state index in [4.69, 9.17) is 25.5 Å². The van der Waals surface area contributed by atoms with Gasteiger partial charge in [-0.1, -0.05) is 41.9 Å². The molecule has 1 heterocycles. The predicted molar refractivity (Wildman–Crippen MR) is 141 cm³/mol. The molecule has 0 aliphatic rings. The molecule has 0 radical (unpaired) electrons. The van der Waals surface area contributed by atoms with Crippen LogP contribution in [0.1, 0.15) is 23.6 Å². The van der Waals surface area contributed by atoms with Gasteiger partial charge in [0, 0.05) is 39.7 Å². The molecule has 0 bridgehead atoms. The van der Waals surface area contributed by atoms with E-state index in [9.17, 15) is 4.79 Å². The summed E-state index contributed by atoms with van der Waals surface area (Å²) in [4.78, 5) is 12.7. The number of carbonyl (C=O) groups excluding carboxylic acids is 1. The van der Waals surface area contributed by atoms with E-state index in [0.29, 0.717) is 23.7 Å². The Morgan fingerprint density at radius 2 is 1.83 bits per heavy atom. The number of ether oxygens (including phenoxy) is 2. The Morgan fingerprint density at radius 3 is 2.54 bits per heavy atom. The maximum Gasteiger partial charge on any atom is 0.244 e. The molecule has 0 aliphatic carbocycles. The number of hydrogen-bond donors (Lipinski definition) is 1. The van der Waals surface area contributed by atoms with Gasteiger partial charge in [0.25, 0.3) is 0 Å². The number of nitrogens with one attached hydrogen (secondary N) is 1. The second-order valence-electron chi connectivity index (χ2n) is 8.30. The number of amides is 1. The van der Waals surface area contributed by atoms with Crippen molar-refractivity contribution in [1.29, 1.82) is 0 Å². The molecule has 180 valence electrons. The van der Waals surface area contributed by atoms with Gasteiger partial charge >= 0.3 is 0 Å². The van der Waals surface area contributed by atoms with Crippen molar-refractivity contribution in [3.8, 4) is 22.6 Å². The van der Waals surface area contributed by atoms with E-state index in [1.165, 1.54) is 0 Å². The Morgan fingerprint density at radius 1 is 1.09 bits per heavy atom. The second kappa shape index (κ2) is 10.7. The number of fused-ring (bicyclic) bond motifs is 1. The highest BCUT2D eigenvalue weighted by Gasteiger charge is 2.19. The molecule has 4 rings (SSSR count). The largest absolute Gasteiger partial charge is 0.496 e. The lowest BCUT2D eigenvalue weighted by Crippen LogP contribution is -2.24. The lowest BCUT2D eigenvalue weighted by molar-refractivity contribution is -0.116. The first-order valence-corrected chi connectivity index (χ1v) is 11.7. The number of furan rings is 1. The highest BCUT2D eigenvalue weighted by molar-refractivity contribution is 6.30. The zero-order valence-corrected chi connectivity index (χ0v) is 21.0. The summed E-state index contributed by atoms with van der Waals surface area (Å²) in [5.74, 6) is 1.34. The number of halogens is 1. The van der Waals surface area contributed by atoms with Crippen LogP contribution in [-0.4, -0.2) is 26.7 Å². The van der Waals surface area contributed by atoms with Crippen molar-refractivity contribution in [2.24, 2.45) is 0 Å². The van der Waals surface area contributed by atoms with Gasteiger partial charge in [-0.25, -0.2) is 0 Å². The van der Waals surface area contributed by atoms with Crippen molar-refractivity contribution in [3.63, 3.8) is 0 Å². The lowest BCUT2D eigenvalue weighted by Gasteiger charge is -2.13. The fraction of sp³-hybridized carbons (Fsp3) is 0.207. The van der Waals surface area contributed by atoms with Crippen molar-refractivity contribution in [1.82, 2.24) is 5.32 Å². The maximum absolute atomic E-state index is 12.7. The molecular formula is C29H28ClNO4. The molecule has 0 aliphatic heterocycles. The van der Waals surface area contributed by atoms with E-state index < -0.39 is 0 Å². The van der Waals surface area contributed by atoms with E-state index in [1.807, 2.05) is 68.4 Å². The second-order valence-corrected chi connectivity index (χ2v) is 8.73. The van der Waals surface area contributed by atoms with Crippen LogP contribution in [0.25, 0.3) is 27.7 Å². The molecule has 4 aromatic rings. The highest BCUT2D eigenvalue weighted by atomic mass is 35.5. The summed E-state index contributed by atoms with van der Waals surface area (Å²) in [6, 6.07) is 17.5. The normalized spacial score (nSPS) is 11.5. The standard InChI is InChI=1S/C29H28ClNO4/c1-18(15-27(32)31-14-13-21-7-5-6-8-26(21)33-3)23-16-24-25(20-9-11-22(30)12-10-20)17-35-29(24)19(2)28(23)34-4/h5-12,15-17H,13-14H2,1-4H3,(H,31,32)/b18-15+. The minimum Gasteiger partial charge on any atom is -0.496 e. The van der Waals surface area contributed by atoms with Crippen LogP contribution in [0.15, 0.2) is 71.4 Å². The summed E-state index contributed by atoms with van der Waals surface area (Å²) >= 11 is 6.07. The van der Waals surface area contributed by atoms with Crippen molar-refractivity contribution in [3.05, 3.63) is 88.6 Å². The van der Waals surface area contributed by atoms with Gasteiger partial charge in [-0.3, -0.25) is 4.79 Å². The Kier molecular flexibility index (Phi) is 7.47. The molecule has 35 heavy (non-hydrogen) atoms. The summed E-state index contributed by atoms with van der Waals surface area (Å²) in [5, 5.41) is 4.59. The number of rotatable bonds is 8. The van der Waals surface area contributed by atoms with Crippen LogP contribution in [0.3, 0.4) is 0 Å². The van der Waals surface area contributed by atoms with Gasteiger partial charge < -0.3 is 19.2 Å². The number of hydrogen-bond acceptors (Lipinski definition) is 4. The Hall–Kier alpha value is -3.70. The van der Waals surface area contributed by atoms with Gasteiger partial charge in [0.15, 0.2) is 0 Å². The van der Waals surface area contributed by atoms with Gasteiger partial charge in [-0.2, -0.15) is 0 Å². The average molecular weight is 490 g/mol. The van der Waals surface area contributed by atoms with E-state index in [0.717, 1.165) is 50.1 Å². The van der Waals surface area contributed by atoms with Crippen LogP contribution in [-0.2, 0) is 11.2 Å². The molecule has 6 heteroatoms. The molecule has 1 amide bonds. The SMILES string of the molecule is COc1ccccc1CCNC(=O)/C=C(\C)c1cc2c(-c3ccc(Cl)cc3)coc2c(C)c1OC. The third-order valence-corrected chi connectivity index (χ3v) is 6.31. The molecular weight excluding hydrogens is 462 g/mol. The van der Waals surface area contributed by atoms with E-state index in [1.54, 1.807) is 26.6 Å². The smallest absolute Gasteiger partial charge is 0.244 e. The van der Waals surface area contributed by atoms with Gasteiger partial charge in [0.2, 0.25) is 5.91 Å². The summed E-state index contributed by atoms with van der Waals surface area (Å²) < 4.78 is 17.0. The van der Waals surface area contributed by atoms with E-state index >= 15 is 0 Å². The monoisotopic (exact) mass is 489 g/mol. The zero-order chi connectivity index (χ0) is 24.9. The minimum absolute atomic E-state index is 0.165. The molecule has 5 nitrogen and oxygen atoms in total. The first-order valence-electron chi connectivity index (χ1n) is 11.4. The predicted octanol–water partition coefficient (Wildman–Crippen LogP) is 6.84. The summed E-state index contributed by atoms with van der Waals surface area (Å²) in [7, 11) is 3.27. The van der Waals surface area contributed by atoms with Gasteiger partial charge in [-0.15, -0.1) is 0 Å². The zero-order valence-electron chi connectivity index (χ0n) is 20.3. The first kappa shape index (κ1) is 24.4. The highest BCUT2D eigenvalue weighted by Crippen LogP contribution is 2.40. The molecule has 0 unspecified atom stereocenters. The molecule has 0 saturated carbocycles. The molecule has 0 saturated heterocycles. The number of allylic oxidation sites excluding steroid dienone is 1. The van der Waals surface area contributed by atoms with Crippen molar-refractivity contribution in [2.75, 3.05) is 20.8 Å². The van der Waals surface area contributed by atoms with Crippen LogP contribution in [0, 0.1) is 6.92 Å². The van der Waals surface area contributed by atoms with Crippen molar-refractivity contribution >= 4 is 34.1 Å². The summed E-state index contributed by atoms with van der Waals surface area (Å²) in [5.41, 5.74) is 6.28. The fourth-order valence-corrected chi connectivity index (χ4v) is 4.41. The van der Waals surface area contributed by atoms with Gasteiger partial charge in [0.1, 0.15) is 17.1 Å². The van der Waals surface area contributed by atoms with Gasteiger partial charge in [0.05, 0.1) is 20.5 Å². The summed E-state index contributed by atoms with van der Waals surface area (Å²) in [6.45, 7) is 4.37.